The molecule has 1 aromatic carbocycles. The van der Waals surface area contributed by atoms with E-state index in [0.717, 1.165) is 11.3 Å². The zero-order chi connectivity index (χ0) is 19.1. The van der Waals surface area contributed by atoms with Crippen molar-refractivity contribution in [2.75, 3.05) is 26.0 Å². The average Bonchev–Trinajstić information content (AvgIpc) is 2.66. The minimum atomic E-state index is -0.314. The number of carbonyl (C=O) groups excluding carboxylic acids is 2. The predicted octanol–water partition coefficient (Wildman–Crippen LogP) is 2.64. The largest absolute Gasteiger partial charge is 0.497 e. The maximum Gasteiger partial charge on any atom is 0.232 e. The first-order chi connectivity index (χ1) is 12.5. The van der Waals surface area contributed by atoms with Crippen LogP contribution in [0.5, 0.6) is 5.75 Å². The van der Waals surface area contributed by atoms with Gasteiger partial charge in [-0.05, 0) is 31.5 Å². The van der Waals surface area contributed by atoms with Crippen molar-refractivity contribution in [1.82, 2.24) is 10.2 Å². The monoisotopic (exact) mass is 373 g/mol. The lowest BCUT2D eigenvalue weighted by Crippen LogP contribution is -2.34. The fraction of sp³-hybridized carbons (Fsp3) is 0.421. The number of nitriles is 1. The van der Waals surface area contributed by atoms with E-state index < -0.39 is 0 Å². The summed E-state index contributed by atoms with van der Waals surface area (Å²) in [4.78, 5) is 26.1. The highest BCUT2D eigenvalue weighted by molar-refractivity contribution is 8.03. The molecule has 0 bridgehead atoms. The lowest BCUT2D eigenvalue weighted by Gasteiger charge is -2.25. The molecule has 26 heavy (non-hydrogen) atoms. The van der Waals surface area contributed by atoms with Gasteiger partial charge in [-0.25, -0.2) is 0 Å². The van der Waals surface area contributed by atoms with E-state index in [9.17, 15) is 14.9 Å². The summed E-state index contributed by atoms with van der Waals surface area (Å²) < 4.78 is 5.16. The van der Waals surface area contributed by atoms with Gasteiger partial charge < -0.3 is 15.0 Å². The zero-order valence-corrected chi connectivity index (χ0v) is 16.1. The molecule has 0 saturated carbocycles. The Hall–Kier alpha value is -2.46. The van der Waals surface area contributed by atoms with Gasteiger partial charge in [0, 0.05) is 25.4 Å². The van der Waals surface area contributed by atoms with Gasteiger partial charge in [0.25, 0.3) is 0 Å². The van der Waals surface area contributed by atoms with Crippen LogP contribution in [0.3, 0.4) is 0 Å². The SMILES string of the molecule is CCN(CC)C(=O)CSC1=C(C#N)[C@@H](c2ccc(OC)cc2)CC(=O)N1. The van der Waals surface area contributed by atoms with Crippen molar-refractivity contribution in [3.8, 4) is 11.8 Å². The molecule has 0 aliphatic carbocycles. The Kier molecular flexibility index (Phi) is 7.10. The van der Waals surface area contributed by atoms with Crippen LogP contribution in [0.4, 0.5) is 0 Å². The molecule has 1 N–H and O–H groups in total. The number of thioether (sulfide) groups is 1. The normalized spacial score (nSPS) is 16.7. The van der Waals surface area contributed by atoms with E-state index in [1.807, 2.05) is 38.1 Å². The van der Waals surface area contributed by atoms with Crippen LogP contribution in [-0.2, 0) is 9.59 Å². The van der Waals surface area contributed by atoms with Crippen LogP contribution in [0.1, 0.15) is 31.7 Å². The number of nitrogens with one attached hydrogen (secondary N) is 1. The highest BCUT2D eigenvalue weighted by atomic mass is 32.2. The number of nitrogens with zero attached hydrogens (tertiary/aromatic N) is 2. The maximum absolute atomic E-state index is 12.2. The molecule has 2 rings (SSSR count). The average molecular weight is 373 g/mol. The Morgan fingerprint density at radius 3 is 2.54 bits per heavy atom. The lowest BCUT2D eigenvalue weighted by atomic mass is 9.87. The first-order valence-electron chi connectivity index (χ1n) is 8.52. The van der Waals surface area contributed by atoms with Gasteiger partial charge in [-0.1, -0.05) is 23.9 Å². The van der Waals surface area contributed by atoms with Gasteiger partial charge in [0.05, 0.1) is 29.5 Å². The zero-order valence-electron chi connectivity index (χ0n) is 15.2. The molecule has 1 heterocycles. The van der Waals surface area contributed by atoms with Gasteiger partial charge in [0.15, 0.2) is 0 Å². The van der Waals surface area contributed by atoms with Crippen molar-refractivity contribution < 1.29 is 14.3 Å². The number of rotatable bonds is 7. The number of benzene rings is 1. The second-order valence-electron chi connectivity index (χ2n) is 5.79. The van der Waals surface area contributed by atoms with E-state index in [-0.39, 0.29) is 29.9 Å². The Bertz CT molecular complexity index is 733. The van der Waals surface area contributed by atoms with Crippen LogP contribution in [0.25, 0.3) is 0 Å². The summed E-state index contributed by atoms with van der Waals surface area (Å²) >= 11 is 1.22. The first kappa shape index (κ1) is 19.9. The highest BCUT2D eigenvalue weighted by Gasteiger charge is 2.30. The summed E-state index contributed by atoms with van der Waals surface area (Å²) in [5, 5.41) is 12.9. The minimum Gasteiger partial charge on any atom is -0.497 e. The predicted molar refractivity (Wildman–Crippen MR) is 102 cm³/mol. The Balaban J connectivity index is 2.24. The van der Waals surface area contributed by atoms with E-state index in [2.05, 4.69) is 11.4 Å². The summed E-state index contributed by atoms with van der Waals surface area (Å²) in [5.41, 5.74) is 1.37. The van der Waals surface area contributed by atoms with Gasteiger partial charge in [0.1, 0.15) is 5.75 Å². The first-order valence-corrected chi connectivity index (χ1v) is 9.51. The number of allylic oxidation sites excluding steroid dienone is 1. The molecule has 1 aliphatic rings. The number of hydrogen-bond donors (Lipinski definition) is 1. The third-order valence-corrected chi connectivity index (χ3v) is 5.33. The van der Waals surface area contributed by atoms with Crippen molar-refractivity contribution >= 4 is 23.6 Å². The second kappa shape index (κ2) is 9.30. The number of ether oxygens (including phenoxy) is 1. The van der Waals surface area contributed by atoms with Gasteiger partial charge in [-0.15, -0.1) is 0 Å². The van der Waals surface area contributed by atoms with Gasteiger partial charge in [0.2, 0.25) is 11.8 Å². The van der Waals surface area contributed by atoms with Crippen LogP contribution in [0, 0.1) is 11.3 Å². The summed E-state index contributed by atoms with van der Waals surface area (Å²) in [6, 6.07) is 9.57. The van der Waals surface area contributed by atoms with Crippen LogP contribution in [0.2, 0.25) is 0 Å². The van der Waals surface area contributed by atoms with E-state index >= 15 is 0 Å². The molecule has 0 radical (unpaired) electrons. The fourth-order valence-electron chi connectivity index (χ4n) is 2.86. The molecular formula is C19H23N3O3S. The minimum absolute atomic E-state index is 0.00869. The van der Waals surface area contributed by atoms with Crippen LogP contribution >= 0.6 is 11.8 Å². The molecule has 7 heteroatoms. The standard InChI is InChI=1S/C19H23N3O3S/c1-4-22(5-2)18(24)12-26-19-16(11-20)15(10-17(23)21-19)13-6-8-14(25-3)9-7-13/h6-9,15H,4-5,10,12H2,1-3H3,(H,21,23)/t15-/m1/s1. The van der Waals surface area contributed by atoms with Crippen molar-refractivity contribution in [1.29, 1.82) is 5.26 Å². The molecule has 1 atom stereocenters. The number of hydrogen-bond acceptors (Lipinski definition) is 5. The van der Waals surface area contributed by atoms with Crippen molar-refractivity contribution in [3.63, 3.8) is 0 Å². The summed E-state index contributed by atoms with van der Waals surface area (Å²) in [5.74, 6) is 0.437. The van der Waals surface area contributed by atoms with E-state index in [1.165, 1.54) is 11.8 Å². The maximum atomic E-state index is 12.2. The van der Waals surface area contributed by atoms with Crippen molar-refractivity contribution in [2.24, 2.45) is 0 Å². The van der Waals surface area contributed by atoms with Crippen molar-refractivity contribution in [3.05, 3.63) is 40.4 Å². The lowest BCUT2D eigenvalue weighted by molar-refractivity contribution is -0.128. The topological polar surface area (TPSA) is 82.4 Å². The Morgan fingerprint density at radius 2 is 2.00 bits per heavy atom. The molecule has 1 aliphatic heterocycles. The van der Waals surface area contributed by atoms with Crippen LogP contribution in [0.15, 0.2) is 34.9 Å². The van der Waals surface area contributed by atoms with Gasteiger partial charge in [-0.2, -0.15) is 5.26 Å². The molecule has 0 spiro atoms. The number of carbonyl (C=O) groups is 2. The smallest absolute Gasteiger partial charge is 0.232 e. The molecular weight excluding hydrogens is 350 g/mol. The van der Waals surface area contributed by atoms with Gasteiger partial charge in [-0.3, -0.25) is 9.59 Å². The number of methoxy groups -OCH3 is 1. The molecule has 6 nitrogen and oxygen atoms in total. The molecule has 0 fully saturated rings. The van der Waals surface area contributed by atoms with E-state index in [4.69, 9.17) is 4.74 Å². The molecule has 0 aromatic heterocycles. The second-order valence-corrected chi connectivity index (χ2v) is 6.77. The van der Waals surface area contributed by atoms with Crippen molar-refractivity contribution in [2.45, 2.75) is 26.2 Å². The Morgan fingerprint density at radius 1 is 1.35 bits per heavy atom. The molecule has 0 unspecified atom stereocenters. The highest BCUT2D eigenvalue weighted by Crippen LogP contribution is 2.36. The number of amides is 2. The molecule has 0 saturated heterocycles. The third-order valence-electron chi connectivity index (χ3n) is 4.33. The summed E-state index contributed by atoms with van der Waals surface area (Å²) in [6.45, 7) is 5.13. The summed E-state index contributed by atoms with van der Waals surface area (Å²) in [6.07, 6.45) is 0.212. The fourth-order valence-corrected chi connectivity index (χ4v) is 3.84. The summed E-state index contributed by atoms with van der Waals surface area (Å²) in [7, 11) is 1.59. The van der Waals surface area contributed by atoms with E-state index in [1.54, 1.807) is 12.0 Å². The molecule has 138 valence electrons. The third kappa shape index (κ3) is 4.58. The van der Waals surface area contributed by atoms with Crippen LogP contribution in [-0.4, -0.2) is 42.7 Å². The van der Waals surface area contributed by atoms with Crippen LogP contribution < -0.4 is 10.1 Å². The Labute approximate surface area is 158 Å². The van der Waals surface area contributed by atoms with E-state index in [0.29, 0.717) is 23.7 Å². The molecule has 1 aromatic rings. The molecule has 2 amide bonds. The quantitative estimate of drug-likeness (QED) is 0.794. The van der Waals surface area contributed by atoms with Gasteiger partial charge >= 0.3 is 0 Å².